The maximum Gasteiger partial charge on any atom is 0.152 e. The maximum absolute atomic E-state index is 6.63. The lowest BCUT2D eigenvalue weighted by molar-refractivity contribution is 0.477. The van der Waals surface area contributed by atoms with Crippen molar-refractivity contribution >= 4 is 55.7 Å². The first kappa shape index (κ1) is 22.3. The van der Waals surface area contributed by atoms with Crippen LogP contribution >= 0.6 is 0 Å². The van der Waals surface area contributed by atoms with Crippen LogP contribution in [-0.2, 0) is 0 Å². The molecule has 0 aromatic heterocycles. The van der Waals surface area contributed by atoms with Gasteiger partial charge in [0, 0.05) is 22.0 Å². The van der Waals surface area contributed by atoms with E-state index in [1.807, 2.05) is 12.1 Å². The Kier molecular flexibility index (Phi) is 4.61. The fourth-order valence-electron chi connectivity index (χ4n) is 6.57. The summed E-state index contributed by atoms with van der Waals surface area (Å²) in [7, 11) is 0. The third-order valence-corrected chi connectivity index (χ3v) is 8.32. The van der Waals surface area contributed by atoms with Crippen LogP contribution in [0.3, 0.4) is 0 Å². The number of rotatable bonds is 2. The van der Waals surface area contributed by atoms with Gasteiger partial charge in [0.2, 0.25) is 0 Å². The molecule has 192 valence electrons. The van der Waals surface area contributed by atoms with Crippen LogP contribution < -0.4 is 14.5 Å². The number of benzene rings is 7. The second-order valence-electron chi connectivity index (χ2n) is 10.6. The van der Waals surface area contributed by atoms with E-state index in [0.717, 1.165) is 45.5 Å². The van der Waals surface area contributed by atoms with Gasteiger partial charge in [-0.2, -0.15) is 0 Å². The normalized spacial score (nSPS) is 13.0. The standard InChI is InChI=1S/C38H24N2O/c1-2-15-27(16-3-1)39-32-19-6-7-22-36(32)41-37-23-30-29-18-8-13-26-14-10-21-33(38(26)29)40(34(30)24-35(37)39)31-20-9-12-25-11-4-5-17-28(25)31/h1-24H. The Balaban J connectivity index is 1.39. The third-order valence-electron chi connectivity index (χ3n) is 8.32. The second-order valence-corrected chi connectivity index (χ2v) is 10.6. The van der Waals surface area contributed by atoms with Gasteiger partial charge < -0.3 is 14.5 Å². The Morgan fingerprint density at radius 2 is 1.07 bits per heavy atom. The number of hydrogen-bond donors (Lipinski definition) is 0. The summed E-state index contributed by atoms with van der Waals surface area (Å²) in [6.45, 7) is 0. The van der Waals surface area contributed by atoms with Crippen LogP contribution in [0.1, 0.15) is 0 Å². The van der Waals surface area contributed by atoms with Crippen molar-refractivity contribution in [2.75, 3.05) is 9.80 Å². The predicted molar refractivity (Wildman–Crippen MR) is 170 cm³/mol. The molecule has 7 aromatic carbocycles. The molecule has 0 N–H and O–H groups in total. The summed E-state index contributed by atoms with van der Waals surface area (Å²) >= 11 is 0. The van der Waals surface area contributed by atoms with Gasteiger partial charge in [0.05, 0.1) is 28.4 Å². The van der Waals surface area contributed by atoms with Crippen molar-refractivity contribution in [2.24, 2.45) is 0 Å². The Morgan fingerprint density at radius 1 is 0.390 bits per heavy atom. The Bertz CT molecular complexity index is 2140. The molecule has 0 saturated carbocycles. The first-order valence-corrected chi connectivity index (χ1v) is 14.0. The van der Waals surface area contributed by atoms with E-state index in [2.05, 4.69) is 143 Å². The van der Waals surface area contributed by atoms with Crippen LogP contribution in [-0.4, -0.2) is 0 Å². The van der Waals surface area contributed by atoms with Gasteiger partial charge >= 0.3 is 0 Å². The van der Waals surface area contributed by atoms with Crippen molar-refractivity contribution in [3.05, 3.63) is 146 Å². The van der Waals surface area contributed by atoms with Gasteiger partial charge in [-0.05, 0) is 64.9 Å². The molecule has 0 unspecified atom stereocenters. The molecule has 0 atom stereocenters. The van der Waals surface area contributed by atoms with E-state index < -0.39 is 0 Å². The van der Waals surface area contributed by atoms with Crippen LogP contribution in [0.25, 0.3) is 32.7 Å². The van der Waals surface area contributed by atoms with Gasteiger partial charge in [0.15, 0.2) is 11.5 Å². The van der Waals surface area contributed by atoms with E-state index >= 15 is 0 Å². The molecule has 0 bridgehead atoms. The fourth-order valence-corrected chi connectivity index (χ4v) is 6.57. The lowest BCUT2D eigenvalue weighted by Crippen LogP contribution is -2.19. The second kappa shape index (κ2) is 8.48. The van der Waals surface area contributed by atoms with Gasteiger partial charge in [0.25, 0.3) is 0 Å². The number of ether oxygens (including phenoxy) is 1. The summed E-state index contributed by atoms with van der Waals surface area (Å²) in [6, 6.07) is 51.8. The molecular weight excluding hydrogens is 500 g/mol. The van der Waals surface area contributed by atoms with Crippen LogP contribution in [0.5, 0.6) is 11.5 Å². The van der Waals surface area contributed by atoms with Crippen molar-refractivity contribution in [1.29, 1.82) is 0 Å². The number of hydrogen-bond acceptors (Lipinski definition) is 3. The van der Waals surface area contributed by atoms with Crippen LogP contribution in [0.15, 0.2) is 146 Å². The molecule has 0 saturated heterocycles. The molecule has 3 heteroatoms. The Labute approximate surface area is 238 Å². The number of anilines is 6. The van der Waals surface area contributed by atoms with Crippen molar-refractivity contribution < 1.29 is 4.74 Å². The summed E-state index contributed by atoms with van der Waals surface area (Å²) in [6.07, 6.45) is 0. The van der Waals surface area contributed by atoms with Gasteiger partial charge in [-0.1, -0.05) is 97.1 Å². The predicted octanol–water partition coefficient (Wildman–Crippen LogP) is 11.0. The van der Waals surface area contributed by atoms with Gasteiger partial charge in [-0.3, -0.25) is 0 Å². The van der Waals surface area contributed by atoms with Gasteiger partial charge in [0.1, 0.15) is 0 Å². The largest absolute Gasteiger partial charge is 0.453 e. The number of nitrogens with zero attached hydrogens (tertiary/aromatic N) is 2. The third kappa shape index (κ3) is 3.20. The number of para-hydroxylation sites is 3. The van der Waals surface area contributed by atoms with E-state index in [1.54, 1.807) is 0 Å². The first-order chi connectivity index (χ1) is 20.3. The summed E-state index contributed by atoms with van der Waals surface area (Å²) in [5.74, 6) is 1.70. The summed E-state index contributed by atoms with van der Waals surface area (Å²) < 4.78 is 6.63. The average Bonchev–Trinajstić information content (AvgIpc) is 3.03. The van der Waals surface area contributed by atoms with Crippen LogP contribution in [0.2, 0.25) is 0 Å². The quantitative estimate of drug-likeness (QED) is 0.224. The minimum absolute atomic E-state index is 0.848. The highest BCUT2D eigenvalue weighted by molar-refractivity contribution is 6.16. The zero-order chi connectivity index (χ0) is 26.9. The molecule has 0 aliphatic carbocycles. The monoisotopic (exact) mass is 524 g/mol. The molecule has 2 aliphatic rings. The molecule has 41 heavy (non-hydrogen) atoms. The molecule has 7 aromatic rings. The van der Waals surface area contributed by atoms with Crippen molar-refractivity contribution in [2.45, 2.75) is 0 Å². The van der Waals surface area contributed by atoms with E-state index in [0.29, 0.717) is 0 Å². The molecule has 2 heterocycles. The minimum Gasteiger partial charge on any atom is -0.453 e. The zero-order valence-corrected chi connectivity index (χ0v) is 22.2. The molecule has 0 amide bonds. The fraction of sp³-hybridized carbons (Fsp3) is 0. The lowest BCUT2D eigenvalue weighted by Gasteiger charge is -2.38. The molecular formula is C38H24N2O. The molecule has 3 nitrogen and oxygen atoms in total. The Morgan fingerprint density at radius 3 is 1.98 bits per heavy atom. The zero-order valence-electron chi connectivity index (χ0n) is 22.2. The van der Waals surface area contributed by atoms with Crippen molar-refractivity contribution in [3.63, 3.8) is 0 Å². The van der Waals surface area contributed by atoms with Crippen molar-refractivity contribution in [1.82, 2.24) is 0 Å². The van der Waals surface area contributed by atoms with E-state index in [1.165, 1.54) is 32.8 Å². The summed E-state index contributed by atoms with van der Waals surface area (Å²) in [5, 5.41) is 4.92. The highest BCUT2D eigenvalue weighted by Gasteiger charge is 2.32. The number of fused-ring (bicyclic) bond motifs is 5. The van der Waals surface area contributed by atoms with Gasteiger partial charge in [-0.25, -0.2) is 0 Å². The summed E-state index contributed by atoms with van der Waals surface area (Å²) in [5.41, 5.74) is 9.01. The minimum atomic E-state index is 0.848. The molecule has 2 aliphatic heterocycles. The smallest absolute Gasteiger partial charge is 0.152 e. The lowest BCUT2D eigenvalue weighted by atomic mass is 9.89. The topological polar surface area (TPSA) is 15.7 Å². The Hall–Kier alpha value is -5.54. The summed E-state index contributed by atoms with van der Waals surface area (Å²) in [4.78, 5) is 4.76. The molecule has 0 spiro atoms. The van der Waals surface area contributed by atoms with E-state index in [-0.39, 0.29) is 0 Å². The van der Waals surface area contributed by atoms with Gasteiger partial charge in [-0.15, -0.1) is 0 Å². The average molecular weight is 525 g/mol. The van der Waals surface area contributed by atoms with E-state index in [9.17, 15) is 0 Å². The highest BCUT2D eigenvalue weighted by Crippen LogP contribution is 2.58. The van der Waals surface area contributed by atoms with Crippen molar-refractivity contribution in [3.8, 4) is 22.6 Å². The molecule has 0 radical (unpaired) electrons. The van der Waals surface area contributed by atoms with E-state index in [4.69, 9.17) is 4.74 Å². The van der Waals surface area contributed by atoms with Crippen LogP contribution in [0.4, 0.5) is 34.1 Å². The molecule has 0 fully saturated rings. The first-order valence-electron chi connectivity index (χ1n) is 14.0. The van der Waals surface area contributed by atoms with Crippen LogP contribution in [0, 0.1) is 0 Å². The maximum atomic E-state index is 6.63. The SMILES string of the molecule is c1ccc(N2c3ccccc3Oc3cc4c(cc32)N(c2cccc3ccccc23)c2cccc3cccc-4c23)cc1. The highest BCUT2D eigenvalue weighted by atomic mass is 16.5. The molecule has 9 rings (SSSR count).